The zero-order chi connectivity index (χ0) is 32.1. The van der Waals surface area contributed by atoms with Crippen LogP contribution >= 0.6 is 0 Å². The molecule has 4 aromatic rings. The molecule has 1 aliphatic rings. The lowest BCUT2D eigenvalue weighted by atomic mass is 10.1. The second-order valence-corrected chi connectivity index (χ2v) is 10.8. The van der Waals surface area contributed by atoms with Gasteiger partial charge < -0.3 is 24.8 Å². The van der Waals surface area contributed by atoms with E-state index in [9.17, 15) is 14.4 Å². The van der Waals surface area contributed by atoms with Gasteiger partial charge in [0.2, 0.25) is 0 Å². The number of methoxy groups -OCH3 is 1. The number of likely N-dealkylation sites (N-methyl/N-ethyl adjacent to an activating group) is 1. The number of anilines is 1. The number of aromatic nitrogens is 4. The SMILES string of the molecule is COc1cnc(-c2cc(C(=O)NCCN(C)C)[nH]n2)c2[nH]cc(C(=O)C(=O)N3CCN(C(NN)N(N)c4ccccc4)CC3)c12. The van der Waals surface area contributed by atoms with Gasteiger partial charge in [0, 0.05) is 45.5 Å². The second kappa shape index (κ2) is 13.8. The molecule has 0 bridgehead atoms. The van der Waals surface area contributed by atoms with E-state index in [2.05, 4.69) is 30.9 Å². The molecule has 2 amide bonds. The minimum absolute atomic E-state index is 0.147. The van der Waals surface area contributed by atoms with Gasteiger partial charge in [-0.3, -0.25) is 35.2 Å². The Hall–Kier alpha value is -4.87. The Morgan fingerprint density at radius 1 is 1.13 bits per heavy atom. The van der Waals surface area contributed by atoms with Gasteiger partial charge in [-0.1, -0.05) is 18.2 Å². The summed E-state index contributed by atoms with van der Waals surface area (Å²) in [5, 5.41) is 11.8. The third-order valence-electron chi connectivity index (χ3n) is 7.66. The third-order valence-corrected chi connectivity index (χ3v) is 7.66. The number of para-hydroxylation sites is 1. The number of hydrazine groups is 2. The van der Waals surface area contributed by atoms with Crippen LogP contribution in [0.15, 0.2) is 48.8 Å². The summed E-state index contributed by atoms with van der Waals surface area (Å²) in [6, 6.07) is 11.0. The molecule has 16 nitrogen and oxygen atoms in total. The van der Waals surface area contributed by atoms with Crippen LogP contribution in [0.2, 0.25) is 0 Å². The molecular formula is C29H38N12O4. The zero-order valence-corrected chi connectivity index (χ0v) is 25.4. The fraction of sp³-hybridized carbons (Fsp3) is 0.345. The molecule has 0 saturated carbocycles. The second-order valence-electron chi connectivity index (χ2n) is 10.8. The maximum absolute atomic E-state index is 13.6. The summed E-state index contributed by atoms with van der Waals surface area (Å²) in [5.74, 6) is 10.8. The van der Waals surface area contributed by atoms with E-state index in [1.807, 2.05) is 54.2 Å². The largest absolute Gasteiger partial charge is 0.494 e. The molecule has 3 aromatic heterocycles. The number of ether oxygens (including phenoxy) is 1. The summed E-state index contributed by atoms with van der Waals surface area (Å²) in [4.78, 5) is 52.6. The van der Waals surface area contributed by atoms with Crippen LogP contribution in [0.1, 0.15) is 20.8 Å². The van der Waals surface area contributed by atoms with Gasteiger partial charge in [-0.2, -0.15) is 5.10 Å². The standard InChI is InChI=1S/C29H38N12O4/c1-38(2)10-9-32-27(43)21-15-20(36-37-21)24-25-23(22(45-3)17-34-24)19(16-33-25)26(42)28(44)39-11-13-40(14-12-39)29(35-30)41(31)18-7-5-4-6-8-18/h4-8,15-17,29,33,35H,9-14,30-31H2,1-3H3,(H,32,43)(H,36,37). The lowest BCUT2D eigenvalue weighted by Crippen LogP contribution is -2.65. The number of ketones is 1. The zero-order valence-electron chi connectivity index (χ0n) is 25.4. The summed E-state index contributed by atoms with van der Waals surface area (Å²) in [5.41, 5.74) is 5.13. The number of hydrogen-bond donors (Lipinski definition) is 6. The lowest BCUT2D eigenvalue weighted by molar-refractivity contribution is -0.128. The third kappa shape index (κ3) is 6.64. The Labute approximate surface area is 259 Å². The molecule has 1 aromatic carbocycles. The highest BCUT2D eigenvalue weighted by Crippen LogP contribution is 2.34. The fourth-order valence-electron chi connectivity index (χ4n) is 5.23. The average molecular weight is 619 g/mol. The van der Waals surface area contributed by atoms with Crippen LogP contribution in [0.5, 0.6) is 5.75 Å². The summed E-state index contributed by atoms with van der Waals surface area (Å²) in [6.07, 6.45) is 2.41. The molecule has 0 aliphatic carbocycles. The van der Waals surface area contributed by atoms with E-state index in [1.54, 1.807) is 6.07 Å². The van der Waals surface area contributed by atoms with Crippen LogP contribution in [-0.2, 0) is 4.79 Å². The number of carbonyl (C=O) groups excluding carboxylic acids is 3. The molecule has 1 atom stereocenters. The highest BCUT2D eigenvalue weighted by molar-refractivity contribution is 6.45. The lowest BCUT2D eigenvalue weighted by Gasteiger charge is -2.42. The number of Topliss-reactive ketones (excluding diaryl/α,β-unsaturated/α-hetero) is 1. The van der Waals surface area contributed by atoms with Crippen molar-refractivity contribution < 1.29 is 19.1 Å². The summed E-state index contributed by atoms with van der Waals surface area (Å²) in [6.45, 7) is 2.62. The number of pyridine rings is 1. The predicted octanol–water partition coefficient (Wildman–Crippen LogP) is -0.293. The predicted molar refractivity (Wildman–Crippen MR) is 168 cm³/mol. The molecule has 1 saturated heterocycles. The molecule has 16 heteroatoms. The van der Waals surface area contributed by atoms with E-state index in [-0.39, 0.29) is 17.2 Å². The molecule has 8 N–H and O–H groups in total. The quantitative estimate of drug-likeness (QED) is 0.0398. The first-order valence-electron chi connectivity index (χ1n) is 14.4. The van der Waals surface area contributed by atoms with E-state index in [0.29, 0.717) is 67.3 Å². The van der Waals surface area contributed by atoms with Crippen molar-refractivity contribution in [2.24, 2.45) is 11.7 Å². The molecule has 1 unspecified atom stereocenters. The van der Waals surface area contributed by atoms with E-state index in [1.165, 1.54) is 29.4 Å². The van der Waals surface area contributed by atoms with Gasteiger partial charge in [-0.15, -0.1) is 0 Å². The maximum Gasteiger partial charge on any atom is 0.295 e. The highest BCUT2D eigenvalue weighted by atomic mass is 16.5. The van der Waals surface area contributed by atoms with Crippen molar-refractivity contribution in [1.82, 2.24) is 45.6 Å². The van der Waals surface area contributed by atoms with Gasteiger partial charge in [0.15, 0.2) is 6.29 Å². The van der Waals surface area contributed by atoms with Crippen molar-refractivity contribution >= 4 is 34.2 Å². The number of benzene rings is 1. The van der Waals surface area contributed by atoms with Crippen LogP contribution in [0.25, 0.3) is 22.3 Å². The van der Waals surface area contributed by atoms with E-state index in [4.69, 9.17) is 16.4 Å². The van der Waals surface area contributed by atoms with Gasteiger partial charge in [0.1, 0.15) is 22.8 Å². The number of carbonyl (C=O) groups is 3. The topological polar surface area (TPSA) is 207 Å². The monoisotopic (exact) mass is 618 g/mol. The fourth-order valence-corrected chi connectivity index (χ4v) is 5.23. The van der Waals surface area contributed by atoms with Crippen molar-refractivity contribution in [3.8, 4) is 17.1 Å². The van der Waals surface area contributed by atoms with Gasteiger partial charge in [0.05, 0.1) is 35.5 Å². The molecule has 5 rings (SSSR count). The van der Waals surface area contributed by atoms with Crippen LogP contribution in [0.3, 0.4) is 0 Å². The molecule has 238 valence electrons. The molecule has 4 heterocycles. The number of nitrogens with two attached hydrogens (primary N) is 2. The molecular weight excluding hydrogens is 580 g/mol. The van der Waals surface area contributed by atoms with E-state index in [0.717, 1.165) is 5.69 Å². The number of nitrogens with one attached hydrogen (secondary N) is 4. The van der Waals surface area contributed by atoms with Crippen LogP contribution in [0, 0.1) is 0 Å². The van der Waals surface area contributed by atoms with Crippen molar-refractivity contribution in [2.75, 3.05) is 65.5 Å². The Morgan fingerprint density at radius 3 is 2.53 bits per heavy atom. The molecule has 1 aliphatic heterocycles. The molecule has 1 fully saturated rings. The van der Waals surface area contributed by atoms with Crippen molar-refractivity contribution in [2.45, 2.75) is 6.29 Å². The first kappa shape index (κ1) is 31.6. The number of nitrogens with zero attached hydrogens (tertiary/aromatic N) is 6. The minimum atomic E-state index is -0.689. The van der Waals surface area contributed by atoms with Gasteiger partial charge in [-0.05, 0) is 32.3 Å². The van der Waals surface area contributed by atoms with E-state index < -0.39 is 18.0 Å². The average Bonchev–Trinajstić information content (AvgIpc) is 3.73. The van der Waals surface area contributed by atoms with Crippen molar-refractivity contribution in [3.63, 3.8) is 0 Å². The van der Waals surface area contributed by atoms with Gasteiger partial charge >= 0.3 is 0 Å². The van der Waals surface area contributed by atoms with Crippen LogP contribution in [0.4, 0.5) is 5.69 Å². The Bertz CT molecular complexity index is 1650. The number of fused-ring (bicyclic) bond motifs is 1. The first-order chi connectivity index (χ1) is 21.7. The molecule has 0 radical (unpaired) electrons. The van der Waals surface area contributed by atoms with Gasteiger partial charge in [0.25, 0.3) is 17.6 Å². The smallest absolute Gasteiger partial charge is 0.295 e. The number of hydrogen-bond acceptors (Lipinski definition) is 12. The van der Waals surface area contributed by atoms with E-state index >= 15 is 0 Å². The number of rotatable bonds is 12. The Balaban J connectivity index is 1.31. The van der Waals surface area contributed by atoms with Crippen molar-refractivity contribution in [3.05, 3.63) is 60.0 Å². The molecule has 45 heavy (non-hydrogen) atoms. The Kier molecular flexibility index (Phi) is 9.70. The van der Waals surface area contributed by atoms with Gasteiger partial charge in [-0.25, -0.2) is 16.3 Å². The normalized spacial score (nSPS) is 14.5. The highest BCUT2D eigenvalue weighted by Gasteiger charge is 2.33. The van der Waals surface area contributed by atoms with Crippen LogP contribution in [-0.4, -0.2) is 119 Å². The molecule has 0 spiro atoms. The first-order valence-corrected chi connectivity index (χ1v) is 14.4. The minimum Gasteiger partial charge on any atom is -0.494 e. The summed E-state index contributed by atoms with van der Waals surface area (Å²) < 4.78 is 5.51. The Morgan fingerprint density at radius 2 is 1.87 bits per heavy atom. The van der Waals surface area contributed by atoms with Crippen LogP contribution < -0.4 is 32.2 Å². The number of amides is 2. The summed E-state index contributed by atoms with van der Waals surface area (Å²) >= 11 is 0. The maximum atomic E-state index is 13.6. The van der Waals surface area contributed by atoms with Crippen molar-refractivity contribution in [1.29, 1.82) is 0 Å². The number of aromatic amines is 2. The number of H-pyrrole nitrogens is 2. The number of piperazine rings is 1. The summed E-state index contributed by atoms with van der Waals surface area (Å²) in [7, 11) is 5.30.